The first-order chi connectivity index (χ1) is 10.1. The zero-order valence-corrected chi connectivity index (χ0v) is 12.9. The van der Waals surface area contributed by atoms with Crippen LogP contribution in [0.1, 0.15) is 43.6 Å². The molecule has 0 aromatic carbocycles. The fourth-order valence-electron chi connectivity index (χ4n) is 2.27. The summed E-state index contributed by atoms with van der Waals surface area (Å²) in [5.41, 5.74) is 1.37. The van der Waals surface area contributed by atoms with Crippen molar-refractivity contribution < 1.29 is 9.53 Å². The SMILES string of the molecule is CC(C)CCNC(=O)c1cc(NCC2CCCO2)ccn1. The second-order valence-electron chi connectivity index (χ2n) is 5.88. The number of hydrogen-bond acceptors (Lipinski definition) is 4. The van der Waals surface area contributed by atoms with Crippen molar-refractivity contribution in [1.82, 2.24) is 10.3 Å². The van der Waals surface area contributed by atoms with Crippen LogP contribution >= 0.6 is 0 Å². The Kier molecular flexibility index (Phi) is 5.99. The Balaban J connectivity index is 1.82. The molecule has 2 N–H and O–H groups in total. The maximum atomic E-state index is 12.0. The van der Waals surface area contributed by atoms with Crippen LogP contribution in [0.5, 0.6) is 0 Å². The largest absolute Gasteiger partial charge is 0.382 e. The number of nitrogens with zero attached hydrogens (tertiary/aromatic N) is 1. The van der Waals surface area contributed by atoms with Crippen LogP contribution in [0.25, 0.3) is 0 Å². The number of rotatable bonds is 7. The Morgan fingerprint density at radius 3 is 3.10 bits per heavy atom. The standard InChI is InChI=1S/C16H25N3O2/c1-12(2)5-7-18-16(20)15-10-13(6-8-17-15)19-11-14-4-3-9-21-14/h6,8,10,12,14H,3-5,7,9,11H2,1-2H3,(H,17,19)(H,18,20). The fourth-order valence-corrected chi connectivity index (χ4v) is 2.27. The highest BCUT2D eigenvalue weighted by Crippen LogP contribution is 2.14. The van der Waals surface area contributed by atoms with E-state index in [0.717, 1.165) is 38.1 Å². The van der Waals surface area contributed by atoms with Crippen LogP contribution < -0.4 is 10.6 Å². The monoisotopic (exact) mass is 291 g/mol. The minimum Gasteiger partial charge on any atom is -0.382 e. The molecule has 2 heterocycles. The molecule has 1 unspecified atom stereocenters. The summed E-state index contributed by atoms with van der Waals surface area (Å²) in [6.45, 7) is 6.59. The first-order valence-electron chi connectivity index (χ1n) is 7.75. The van der Waals surface area contributed by atoms with Crippen LogP contribution in [0, 0.1) is 5.92 Å². The van der Waals surface area contributed by atoms with Gasteiger partial charge in [-0.15, -0.1) is 0 Å². The van der Waals surface area contributed by atoms with Gasteiger partial charge in [-0.3, -0.25) is 9.78 Å². The molecule has 0 aliphatic carbocycles. The molecule has 1 fully saturated rings. The average molecular weight is 291 g/mol. The van der Waals surface area contributed by atoms with Crippen molar-refractivity contribution >= 4 is 11.6 Å². The van der Waals surface area contributed by atoms with E-state index in [-0.39, 0.29) is 12.0 Å². The summed E-state index contributed by atoms with van der Waals surface area (Å²) in [5.74, 6) is 0.467. The minimum absolute atomic E-state index is 0.114. The van der Waals surface area contributed by atoms with Crippen molar-refractivity contribution in [3.05, 3.63) is 24.0 Å². The number of hydrogen-bond donors (Lipinski definition) is 2. The van der Waals surface area contributed by atoms with Crippen molar-refractivity contribution in [2.75, 3.05) is 25.0 Å². The normalized spacial score (nSPS) is 18.0. The molecule has 1 aliphatic heterocycles. The molecule has 1 aromatic heterocycles. The topological polar surface area (TPSA) is 63.2 Å². The summed E-state index contributed by atoms with van der Waals surface area (Å²) >= 11 is 0. The zero-order valence-electron chi connectivity index (χ0n) is 12.9. The molecule has 0 saturated carbocycles. The third-order valence-electron chi connectivity index (χ3n) is 3.56. The van der Waals surface area contributed by atoms with Gasteiger partial charge in [0.2, 0.25) is 0 Å². The maximum Gasteiger partial charge on any atom is 0.269 e. The average Bonchev–Trinajstić information content (AvgIpc) is 2.98. The van der Waals surface area contributed by atoms with Gasteiger partial charge in [-0.2, -0.15) is 0 Å². The summed E-state index contributed by atoms with van der Waals surface area (Å²) < 4.78 is 5.57. The highest BCUT2D eigenvalue weighted by atomic mass is 16.5. The molecule has 0 bridgehead atoms. The number of carbonyl (C=O) groups is 1. The Labute approximate surface area is 126 Å². The Morgan fingerprint density at radius 1 is 1.52 bits per heavy atom. The van der Waals surface area contributed by atoms with Gasteiger partial charge in [0, 0.05) is 31.6 Å². The van der Waals surface area contributed by atoms with Crippen molar-refractivity contribution in [2.24, 2.45) is 5.92 Å². The molecule has 0 radical (unpaired) electrons. The number of carbonyl (C=O) groups excluding carboxylic acids is 1. The highest BCUT2D eigenvalue weighted by molar-refractivity contribution is 5.93. The summed E-state index contributed by atoms with van der Waals surface area (Å²) in [7, 11) is 0. The van der Waals surface area contributed by atoms with E-state index in [0.29, 0.717) is 18.2 Å². The van der Waals surface area contributed by atoms with E-state index < -0.39 is 0 Å². The first-order valence-corrected chi connectivity index (χ1v) is 7.75. The summed E-state index contributed by atoms with van der Waals surface area (Å²) in [4.78, 5) is 16.1. The molecule has 1 amide bonds. The lowest BCUT2D eigenvalue weighted by Crippen LogP contribution is -2.26. The number of amides is 1. The van der Waals surface area contributed by atoms with E-state index in [2.05, 4.69) is 29.5 Å². The summed E-state index contributed by atoms with van der Waals surface area (Å²) in [5, 5.41) is 6.21. The molecular formula is C16H25N3O2. The summed E-state index contributed by atoms with van der Waals surface area (Å²) in [6, 6.07) is 3.67. The van der Waals surface area contributed by atoms with Crippen LogP contribution in [0.2, 0.25) is 0 Å². The minimum atomic E-state index is -0.114. The third-order valence-corrected chi connectivity index (χ3v) is 3.56. The fraction of sp³-hybridized carbons (Fsp3) is 0.625. The van der Waals surface area contributed by atoms with Crippen molar-refractivity contribution in [3.8, 4) is 0 Å². The van der Waals surface area contributed by atoms with Crippen LogP contribution in [0.15, 0.2) is 18.3 Å². The Morgan fingerprint density at radius 2 is 2.38 bits per heavy atom. The molecule has 1 aliphatic rings. The predicted octanol–water partition coefficient (Wildman–Crippen LogP) is 2.45. The number of pyridine rings is 1. The summed E-state index contributed by atoms with van der Waals surface area (Å²) in [6.07, 6.45) is 5.14. The molecule has 1 aromatic rings. The number of nitrogens with one attached hydrogen (secondary N) is 2. The second-order valence-corrected chi connectivity index (χ2v) is 5.88. The molecule has 1 saturated heterocycles. The lowest BCUT2D eigenvalue weighted by molar-refractivity contribution is 0.0947. The second kappa shape index (κ2) is 7.98. The van der Waals surface area contributed by atoms with Crippen LogP contribution in [-0.2, 0) is 4.74 Å². The van der Waals surface area contributed by atoms with Gasteiger partial charge in [-0.25, -0.2) is 0 Å². The molecule has 5 nitrogen and oxygen atoms in total. The van der Waals surface area contributed by atoms with E-state index in [4.69, 9.17) is 4.74 Å². The van der Waals surface area contributed by atoms with Gasteiger partial charge in [0.05, 0.1) is 6.10 Å². The van der Waals surface area contributed by atoms with Gasteiger partial charge in [-0.1, -0.05) is 13.8 Å². The number of ether oxygens (including phenoxy) is 1. The lowest BCUT2D eigenvalue weighted by atomic mass is 10.1. The molecule has 116 valence electrons. The van der Waals surface area contributed by atoms with Crippen LogP contribution in [-0.4, -0.2) is 36.7 Å². The van der Waals surface area contributed by atoms with E-state index in [1.807, 2.05) is 6.07 Å². The molecule has 2 rings (SSSR count). The Hall–Kier alpha value is -1.62. The smallest absolute Gasteiger partial charge is 0.269 e. The van der Waals surface area contributed by atoms with Gasteiger partial charge in [-0.05, 0) is 37.3 Å². The third kappa shape index (κ3) is 5.34. The van der Waals surface area contributed by atoms with E-state index >= 15 is 0 Å². The first kappa shape index (κ1) is 15.8. The van der Waals surface area contributed by atoms with Crippen molar-refractivity contribution in [3.63, 3.8) is 0 Å². The molecule has 0 spiro atoms. The zero-order chi connectivity index (χ0) is 15.1. The van der Waals surface area contributed by atoms with Gasteiger partial charge in [0.15, 0.2) is 0 Å². The quantitative estimate of drug-likeness (QED) is 0.810. The van der Waals surface area contributed by atoms with Gasteiger partial charge >= 0.3 is 0 Å². The lowest BCUT2D eigenvalue weighted by Gasteiger charge is -2.12. The number of anilines is 1. The van der Waals surface area contributed by atoms with Gasteiger partial charge in [0.25, 0.3) is 5.91 Å². The van der Waals surface area contributed by atoms with Crippen molar-refractivity contribution in [1.29, 1.82) is 0 Å². The van der Waals surface area contributed by atoms with E-state index in [9.17, 15) is 4.79 Å². The molecule has 21 heavy (non-hydrogen) atoms. The Bertz CT molecular complexity index is 457. The van der Waals surface area contributed by atoms with Gasteiger partial charge in [0.1, 0.15) is 5.69 Å². The molecule has 1 atom stereocenters. The highest BCUT2D eigenvalue weighted by Gasteiger charge is 2.15. The van der Waals surface area contributed by atoms with Gasteiger partial charge < -0.3 is 15.4 Å². The maximum absolute atomic E-state index is 12.0. The van der Waals surface area contributed by atoms with Crippen LogP contribution in [0.3, 0.4) is 0 Å². The molecular weight excluding hydrogens is 266 g/mol. The number of aromatic nitrogens is 1. The van der Waals surface area contributed by atoms with Crippen LogP contribution in [0.4, 0.5) is 5.69 Å². The van der Waals surface area contributed by atoms with E-state index in [1.54, 1.807) is 12.3 Å². The van der Waals surface area contributed by atoms with Crippen molar-refractivity contribution in [2.45, 2.75) is 39.2 Å². The predicted molar refractivity (Wildman–Crippen MR) is 83.5 cm³/mol. The molecule has 5 heteroatoms. The van der Waals surface area contributed by atoms with E-state index in [1.165, 1.54) is 0 Å².